The number of nitrogens with one attached hydrogen (secondary N) is 1. The molecule has 3 rings (SSSR count). The molecule has 2 aromatic rings. The lowest BCUT2D eigenvalue weighted by atomic mass is 10.1. The van der Waals surface area contributed by atoms with Gasteiger partial charge in [-0.25, -0.2) is 0 Å². The highest BCUT2D eigenvalue weighted by molar-refractivity contribution is 5.99. The molecule has 23 heavy (non-hydrogen) atoms. The smallest absolute Gasteiger partial charge is 0.240 e. The van der Waals surface area contributed by atoms with Crippen molar-refractivity contribution in [3.05, 3.63) is 59.9 Å². The van der Waals surface area contributed by atoms with Crippen LogP contribution in [0.3, 0.4) is 0 Å². The normalized spacial score (nSPS) is 14.1. The fourth-order valence-electron chi connectivity index (χ4n) is 2.76. The lowest BCUT2D eigenvalue weighted by Gasteiger charge is -2.22. The number of fused-ring (bicyclic) bond motifs is 1. The number of hydrogen-bond donors (Lipinski definition) is 1. The number of hydrogen-bond acceptors (Lipinski definition) is 3. The topological polar surface area (TPSA) is 62.3 Å². The molecule has 0 radical (unpaired) electrons. The molecule has 5 heteroatoms. The van der Waals surface area contributed by atoms with Crippen LogP contribution in [0.5, 0.6) is 0 Å². The zero-order valence-electron chi connectivity index (χ0n) is 12.9. The second-order valence-electron chi connectivity index (χ2n) is 5.60. The van der Waals surface area contributed by atoms with Crippen LogP contribution in [-0.2, 0) is 22.6 Å². The van der Waals surface area contributed by atoms with Crippen molar-refractivity contribution in [2.75, 3.05) is 11.4 Å². The van der Waals surface area contributed by atoms with Crippen molar-refractivity contribution in [2.45, 2.75) is 25.8 Å². The highest BCUT2D eigenvalue weighted by Gasteiger charge is 2.23. The van der Waals surface area contributed by atoms with Gasteiger partial charge in [0.25, 0.3) is 0 Å². The van der Waals surface area contributed by atoms with Gasteiger partial charge in [0, 0.05) is 31.0 Å². The minimum Gasteiger partial charge on any atom is -0.350 e. The van der Waals surface area contributed by atoms with Gasteiger partial charge < -0.3 is 10.2 Å². The standard InChI is InChI=1S/C18H19N3O2/c22-17(20-12-14-5-4-10-19-11-14)13-21-16-8-2-1-6-15(16)7-3-9-18(21)23/h1-2,4-6,8,10-11H,3,7,9,12-13H2,(H,20,22). The third-order valence-corrected chi connectivity index (χ3v) is 3.93. The molecule has 0 unspecified atom stereocenters. The number of anilines is 1. The summed E-state index contributed by atoms with van der Waals surface area (Å²) < 4.78 is 0. The molecule has 2 amide bonds. The number of aromatic nitrogens is 1. The Balaban J connectivity index is 1.68. The largest absolute Gasteiger partial charge is 0.350 e. The van der Waals surface area contributed by atoms with Crippen molar-refractivity contribution in [1.82, 2.24) is 10.3 Å². The summed E-state index contributed by atoms with van der Waals surface area (Å²) in [6.45, 7) is 0.465. The van der Waals surface area contributed by atoms with E-state index in [4.69, 9.17) is 0 Å². The first-order valence-corrected chi connectivity index (χ1v) is 7.78. The van der Waals surface area contributed by atoms with Crippen LogP contribution in [0.25, 0.3) is 0 Å². The lowest BCUT2D eigenvalue weighted by molar-refractivity contribution is -0.123. The predicted molar refractivity (Wildman–Crippen MR) is 87.8 cm³/mol. The minimum absolute atomic E-state index is 0.00600. The Bertz CT molecular complexity index is 700. The first-order chi connectivity index (χ1) is 11.2. The third kappa shape index (κ3) is 3.74. The van der Waals surface area contributed by atoms with Gasteiger partial charge >= 0.3 is 0 Å². The van der Waals surface area contributed by atoms with Gasteiger partial charge in [-0.3, -0.25) is 14.6 Å². The number of carbonyl (C=O) groups excluding carboxylic acids is 2. The van der Waals surface area contributed by atoms with Crippen molar-refractivity contribution >= 4 is 17.5 Å². The molecular formula is C18H19N3O2. The molecule has 0 saturated heterocycles. The minimum atomic E-state index is -0.168. The molecular weight excluding hydrogens is 290 g/mol. The van der Waals surface area contributed by atoms with Crippen LogP contribution < -0.4 is 10.2 Å². The molecule has 1 N–H and O–H groups in total. The number of amides is 2. The van der Waals surface area contributed by atoms with Crippen molar-refractivity contribution in [3.8, 4) is 0 Å². The number of benzene rings is 1. The number of pyridine rings is 1. The van der Waals surface area contributed by atoms with E-state index in [2.05, 4.69) is 10.3 Å². The van der Waals surface area contributed by atoms with E-state index in [1.165, 1.54) is 0 Å². The molecule has 2 heterocycles. The van der Waals surface area contributed by atoms with E-state index in [0.717, 1.165) is 29.7 Å². The zero-order chi connectivity index (χ0) is 16.1. The summed E-state index contributed by atoms with van der Waals surface area (Å²) in [7, 11) is 0. The number of aryl methyl sites for hydroxylation is 1. The van der Waals surface area contributed by atoms with Crippen LogP contribution in [0, 0.1) is 0 Å². The van der Waals surface area contributed by atoms with Crippen molar-refractivity contribution in [1.29, 1.82) is 0 Å². The third-order valence-electron chi connectivity index (χ3n) is 3.93. The number of rotatable bonds is 4. The summed E-state index contributed by atoms with van der Waals surface area (Å²) in [5.41, 5.74) is 2.91. The van der Waals surface area contributed by atoms with Gasteiger partial charge in [0.2, 0.25) is 11.8 Å². The van der Waals surface area contributed by atoms with Crippen molar-refractivity contribution in [3.63, 3.8) is 0 Å². The van der Waals surface area contributed by atoms with E-state index < -0.39 is 0 Å². The fraction of sp³-hybridized carbons (Fsp3) is 0.278. The number of nitrogens with zero attached hydrogens (tertiary/aromatic N) is 2. The van der Waals surface area contributed by atoms with Gasteiger partial charge in [0.15, 0.2) is 0 Å². The summed E-state index contributed by atoms with van der Waals surface area (Å²) >= 11 is 0. The van der Waals surface area contributed by atoms with E-state index in [0.29, 0.717) is 13.0 Å². The lowest BCUT2D eigenvalue weighted by Crippen LogP contribution is -2.40. The Morgan fingerprint density at radius 1 is 1.17 bits per heavy atom. The molecule has 1 aliphatic rings. The Morgan fingerprint density at radius 2 is 2.04 bits per heavy atom. The van der Waals surface area contributed by atoms with E-state index in [9.17, 15) is 9.59 Å². The number of carbonyl (C=O) groups is 2. The second kappa shape index (κ2) is 7.05. The molecule has 0 bridgehead atoms. The van der Waals surface area contributed by atoms with Crippen LogP contribution in [0.2, 0.25) is 0 Å². The summed E-state index contributed by atoms with van der Waals surface area (Å²) in [6, 6.07) is 11.5. The van der Waals surface area contributed by atoms with Gasteiger partial charge in [-0.2, -0.15) is 0 Å². The van der Waals surface area contributed by atoms with Crippen LogP contribution in [0.15, 0.2) is 48.8 Å². The highest BCUT2D eigenvalue weighted by Crippen LogP contribution is 2.26. The Labute approximate surface area is 135 Å². The summed E-state index contributed by atoms with van der Waals surface area (Å²) in [4.78, 5) is 30.2. The van der Waals surface area contributed by atoms with Crippen LogP contribution in [0.1, 0.15) is 24.0 Å². The van der Waals surface area contributed by atoms with E-state index in [-0.39, 0.29) is 18.4 Å². The van der Waals surface area contributed by atoms with Crippen LogP contribution in [0.4, 0.5) is 5.69 Å². The van der Waals surface area contributed by atoms with E-state index in [1.54, 1.807) is 17.3 Å². The van der Waals surface area contributed by atoms with Gasteiger partial charge in [0.1, 0.15) is 6.54 Å². The molecule has 0 spiro atoms. The molecule has 5 nitrogen and oxygen atoms in total. The fourth-order valence-corrected chi connectivity index (χ4v) is 2.76. The number of para-hydroxylation sites is 1. The van der Waals surface area contributed by atoms with Crippen molar-refractivity contribution in [2.24, 2.45) is 0 Å². The van der Waals surface area contributed by atoms with Gasteiger partial charge in [0.05, 0.1) is 0 Å². The molecule has 118 valence electrons. The summed E-state index contributed by atoms with van der Waals surface area (Å²) in [5, 5.41) is 2.85. The zero-order valence-corrected chi connectivity index (χ0v) is 12.9. The molecule has 0 fully saturated rings. The quantitative estimate of drug-likeness (QED) is 0.940. The highest BCUT2D eigenvalue weighted by atomic mass is 16.2. The maximum atomic E-state index is 12.3. The monoisotopic (exact) mass is 309 g/mol. The first kappa shape index (κ1) is 15.2. The molecule has 1 aromatic carbocycles. The molecule has 1 aliphatic heterocycles. The molecule has 0 atom stereocenters. The van der Waals surface area contributed by atoms with E-state index >= 15 is 0 Å². The molecule has 0 saturated carbocycles. The SMILES string of the molecule is O=C(CN1C(=O)CCCc2ccccc21)NCc1cccnc1. The molecule has 1 aromatic heterocycles. The van der Waals surface area contributed by atoms with Gasteiger partial charge in [-0.15, -0.1) is 0 Å². The second-order valence-corrected chi connectivity index (χ2v) is 5.60. The average molecular weight is 309 g/mol. The Morgan fingerprint density at radius 3 is 2.87 bits per heavy atom. The Kier molecular flexibility index (Phi) is 4.66. The average Bonchev–Trinajstić information content (AvgIpc) is 2.74. The maximum absolute atomic E-state index is 12.3. The van der Waals surface area contributed by atoms with Gasteiger partial charge in [-0.1, -0.05) is 24.3 Å². The first-order valence-electron chi connectivity index (χ1n) is 7.78. The van der Waals surface area contributed by atoms with Crippen molar-refractivity contribution < 1.29 is 9.59 Å². The predicted octanol–water partition coefficient (Wildman–Crippen LogP) is 2.07. The van der Waals surface area contributed by atoms with Crippen LogP contribution >= 0.6 is 0 Å². The maximum Gasteiger partial charge on any atom is 0.240 e. The summed E-state index contributed by atoms with van der Waals surface area (Å²) in [6.07, 6.45) is 5.58. The van der Waals surface area contributed by atoms with Gasteiger partial charge in [-0.05, 0) is 36.1 Å². The Hall–Kier alpha value is -2.69. The van der Waals surface area contributed by atoms with Crippen LogP contribution in [-0.4, -0.2) is 23.3 Å². The summed E-state index contributed by atoms with van der Waals surface area (Å²) in [5.74, 6) is -0.162. The molecule has 0 aliphatic carbocycles. The van der Waals surface area contributed by atoms with E-state index in [1.807, 2.05) is 36.4 Å².